The van der Waals surface area contributed by atoms with Crippen LogP contribution in [0.3, 0.4) is 0 Å². The SMILES string of the molecule is O=C(c1ccsc1)N1CCC(c2nc(-c3cc4ccccc4[nH]3)c3cnccn23)CC1. The summed E-state index contributed by atoms with van der Waals surface area (Å²) in [4.78, 5) is 27.6. The molecule has 0 spiro atoms. The average molecular weight is 428 g/mol. The zero-order chi connectivity index (χ0) is 20.8. The van der Waals surface area contributed by atoms with E-state index in [1.165, 1.54) is 5.39 Å². The second-order valence-corrected chi connectivity index (χ2v) is 8.78. The summed E-state index contributed by atoms with van der Waals surface area (Å²) in [6, 6.07) is 12.3. The number of para-hydroxylation sites is 1. The molecule has 1 N–H and O–H groups in total. The van der Waals surface area contributed by atoms with Gasteiger partial charge in [-0.25, -0.2) is 4.98 Å². The molecule has 1 amide bonds. The van der Waals surface area contributed by atoms with Gasteiger partial charge in [-0.05, 0) is 36.4 Å². The predicted molar refractivity (Wildman–Crippen MR) is 122 cm³/mol. The van der Waals surface area contributed by atoms with Crippen LogP contribution in [0, 0.1) is 0 Å². The molecule has 7 heteroatoms. The van der Waals surface area contributed by atoms with Crippen LogP contribution in [0.2, 0.25) is 0 Å². The number of aromatic nitrogens is 4. The first-order valence-electron chi connectivity index (χ1n) is 10.5. The number of amides is 1. The number of aromatic amines is 1. The van der Waals surface area contributed by atoms with Crippen molar-refractivity contribution < 1.29 is 4.79 Å². The Balaban J connectivity index is 1.32. The first-order chi connectivity index (χ1) is 15.3. The fourth-order valence-electron chi connectivity index (χ4n) is 4.56. The van der Waals surface area contributed by atoms with Gasteiger partial charge in [0, 0.05) is 47.7 Å². The van der Waals surface area contributed by atoms with E-state index in [1.807, 2.05) is 52.4 Å². The third-order valence-electron chi connectivity index (χ3n) is 6.17. The van der Waals surface area contributed by atoms with Gasteiger partial charge in [-0.1, -0.05) is 18.2 Å². The van der Waals surface area contributed by atoms with Crippen LogP contribution in [-0.2, 0) is 0 Å². The lowest BCUT2D eigenvalue weighted by Crippen LogP contribution is -2.38. The fourth-order valence-corrected chi connectivity index (χ4v) is 5.19. The number of thiophene rings is 1. The molecular formula is C24H21N5OS. The van der Waals surface area contributed by atoms with Crippen molar-refractivity contribution in [2.45, 2.75) is 18.8 Å². The monoisotopic (exact) mass is 427 g/mol. The van der Waals surface area contributed by atoms with Crippen LogP contribution in [0.15, 0.2) is 65.7 Å². The lowest BCUT2D eigenvalue weighted by atomic mass is 9.95. The highest BCUT2D eigenvalue weighted by Crippen LogP contribution is 2.33. The van der Waals surface area contributed by atoms with Crippen LogP contribution in [-0.4, -0.2) is 43.2 Å². The van der Waals surface area contributed by atoms with Gasteiger partial charge in [0.25, 0.3) is 5.91 Å². The van der Waals surface area contributed by atoms with Crippen molar-refractivity contribution in [1.82, 2.24) is 24.3 Å². The molecule has 0 saturated carbocycles. The Labute approximate surface area is 183 Å². The second kappa shape index (κ2) is 7.35. The second-order valence-electron chi connectivity index (χ2n) is 8.00. The van der Waals surface area contributed by atoms with Crippen LogP contribution in [0.5, 0.6) is 0 Å². The van der Waals surface area contributed by atoms with Crippen LogP contribution in [0.1, 0.15) is 34.9 Å². The molecule has 31 heavy (non-hydrogen) atoms. The summed E-state index contributed by atoms with van der Waals surface area (Å²) in [6.45, 7) is 1.50. The minimum absolute atomic E-state index is 0.135. The number of nitrogens with zero attached hydrogens (tertiary/aromatic N) is 4. The first-order valence-corrected chi connectivity index (χ1v) is 11.4. The number of likely N-dealkylation sites (tertiary alicyclic amines) is 1. The van der Waals surface area contributed by atoms with E-state index in [1.54, 1.807) is 11.3 Å². The maximum atomic E-state index is 12.7. The summed E-state index contributed by atoms with van der Waals surface area (Å²) < 4.78 is 2.16. The number of carbonyl (C=O) groups is 1. The molecule has 0 unspecified atom stereocenters. The molecule has 1 aliphatic heterocycles. The lowest BCUT2D eigenvalue weighted by molar-refractivity contribution is 0.0711. The number of imidazole rings is 1. The third kappa shape index (κ3) is 3.13. The van der Waals surface area contributed by atoms with Gasteiger partial charge in [0.2, 0.25) is 0 Å². The van der Waals surface area contributed by atoms with Gasteiger partial charge in [0.15, 0.2) is 0 Å². The molecule has 6 nitrogen and oxygen atoms in total. The Kier molecular flexibility index (Phi) is 4.35. The van der Waals surface area contributed by atoms with Crippen LogP contribution >= 0.6 is 11.3 Å². The van der Waals surface area contributed by atoms with Crippen LogP contribution in [0.4, 0.5) is 0 Å². The average Bonchev–Trinajstić information content (AvgIpc) is 3.57. The van der Waals surface area contributed by atoms with Gasteiger partial charge >= 0.3 is 0 Å². The van der Waals surface area contributed by atoms with E-state index in [4.69, 9.17) is 4.98 Å². The Morgan fingerprint density at radius 1 is 1.16 bits per heavy atom. The van der Waals surface area contributed by atoms with Gasteiger partial charge in [0.1, 0.15) is 11.5 Å². The highest BCUT2D eigenvalue weighted by Gasteiger charge is 2.28. The van der Waals surface area contributed by atoms with Crippen molar-refractivity contribution in [2.75, 3.05) is 13.1 Å². The number of H-pyrrole nitrogens is 1. The molecule has 5 aromatic rings. The maximum absolute atomic E-state index is 12.7. The molecule has 5 heterocycles. The number of nitrogens with one attached hydrogen (secondary N) is 1. The van der Waals surface area contributed by atoms with Gasteiger partial charge < -0.3 is 9.88 Å². The minimum atomic E-state index is 0.135. The fraction of sp³-hybridized carbons (Fsp3) is 0.208. The Hall–Kier alpha value is -3.45. The van der Waals surface area contributed by atoms with E-state index < -0.39 is 0 Å². The third-order valence-corrected chi connectivity index (χ3v) is 6.86. The van der Waals surface area contributed by atoms with Gasteiger partial charge in [0.05, 0.1) is 23.0 Å². The Bertz CT molecular complexity index is 1340. The molecule has 154 valence electrons. The standard InChI is InChI=1S/C24H21N5OS/c30-24(18-7-12-31-15-18)28-9-5-16(6-10-28)23-27-22(21-14-25-8-11-29(21)23)20-13-17-3-1-2-4-19(17)26-20/h1-4,7-8,11-16,26H,5-6,9-10H2. The molecule has 1 fully saturated rings. The molecule has 4 aromatic heterocycles. The summed E-state index contributed by atoms with van der Waals surface area (Å²) in [5, 5.41) is 5.05. The normalized spacial score (nSPS) is 15.2. The van der Waals surface area contributed by atoms with Crippen molar-refractivity contribution in [1.29, 1.82) is 0 Å². The van der Waals surface area contributed by atoms with Gasteiger partial charge in [-0.3, -0.25) is 14.2 Å². The quantitative estimate of drug-likeness (QED) is 0.443. The van der Waals surface area contributed by atoms with Crippen molar-refractivity contribution in [3.05, 3.63) is 77.1 Å². The van der Waals surface area contributed by atoms with Crippen molar-refractivity contribution in [3.63, 3.8) is 0 Å². The number of fused-ring (bicyclic) bond motifs is 2. The molecule has 0 aliphatic carbocycles. The van der Waals surface area contributed by atoms with Crippen molar-refractivity contribution in [3.8, 4) is 11.4 Å². The zero-order valence-electron chi connectivity index (χ0n) is 16.9. The minimum Gasteiger partial charge on any atom is -0.353 e. The Morgan fingerprint density at radius 3 is 2.84 bits per heavy atom. The van der Waals surface area contributed by atoms with Gasteiger partial charge in [-0.2, -0.15) is 11.3 Å². The highest BCUT2D eigenvalue weighted by atomic mass is 32.1. The van der Waals surface area contributed by atoms with E-state index in [0.717, 1.165) is 59.7 Å². The van der Waals surface area contributed by atoms with Crippen molar-refractivity contribution >= 4 is 33.7 Å². The van der Waals surface area contributed by atoms with E-state index >= 15 is 0 Å². The summed E-state index contributed by atoms with van der Waals surface area (Å²) in [6.07, 6.45) is 7.49. The highest BCUT2D eigenvalue weighted by molar-refractivity contribution is 7.08. The molecular weight excluding hydrogens is 406 g/mol. The molecule has 0 radical (unpaired) electrons. The summed E-state index contributed by atoms with van der Waals surface area (Å²) in [5.74, 6) is 1.49. The predicted octanol–water partition coefficient (Wildman–Crippen LogP) is 4.96. The largest absolute Gasteiger partial charge is 0.353 e. The van der Waals surface area contributed by atoms with E-state index in [2.05, 4.69) is 32.6 Å². The number of piperidine rings is 1. The zero-order valence-corrected chi connectivity index (χ0v) is 17.7. The molecule has 6 rings (SSSR count). The Morgan fingerprint density at radius 2 is 2.03 bits per heavy atom. The lowest BCUT2D eigenvalue weighted by Gasteiger charge is -2.31. The van der Waals surface area contributed by atoms with Crippen molar-refractivity contribution in [2.24, 2.45) is 0 Å². The number of hydrogen-bond acceptors (Lipinski definition) is 4. The summed E-state index contributed by atoms with van der Waals surface area (Å²) in [7, 11) is 0. The van der Waals surface area contributed by atoms with Crippen LogP contribution in [0.25, 0.3) is 27.8 Å². The topological polar surface area (TPSA) is 66.3 Å². The molecule has 0 bridgehead atoms. The van der Waals surface area contributed by atoms with E-state index in [-0.39, 0.29) is 5.91 Å². The van der Waals surface area contributed by atoms with Crippen LogP contribution < -0.4 is 0 Å². The van der Waals surface area contributed by atoms with E-state index in [0.29, 0.717) is 5.92 Å². The molecule has 1 aliphatic rings. The maximum Gasteiger partial charge on any atom is 0.254 e. The van der Waals surface area contributed by atoms with Gasteiger partial charge in [-0.15, -0.1) is 0 Å². The number of carbonyl (C=O) groups excluding carboxylic acids is 1. The smallest absolute Gasteiger partial charge is 0.254 e. The molecule has 1 saturated heterocycles. The number of rotatable bonds is 3. The summed E-state index contributed by atoms with van der Waals surface area (Å²) >= 11 is 1.56. The summed E-state index contributed by atoms with van der Waals surface area (Å²) in [5.41, 5.74) is 4.83. The van der Waals surface area contributed by atoms with E-state index in [9.17, 15) is 4.79 Å². The molecule has 1 aromatic carbocycles. The molecule has 0 atom stereocenters. The first kappa shape index (κ1) is 18.3. The number of hydrogen-bond donors (Lipinski definition) is 1. The number of benzene rings is 1.